The number of rotatable bonds is 2. The highest BCUT2D eigenvalue weighted by Crippen LogP contribution is 2.32. The predicted octanol–water partition coefficient (Wildman–Crippen LogP) is 2.08. The van der Waals surface area contributed by atoms with E-state index in [2.05, 4.69) is 20.9 Å². The molecule has 0 atom stereocenters. The molecule has 0 fully saturated rings. The van der Waals surface area contributed by atoms with Crippen LogP contribution in [0.1, 0.15) is 12.0 Å². The second-order valence-electron chi connectivity index (χ2n) is 2.50. The third kappa shape index (κ3) is 2.83. The lowest BCUT2D eigenvalue weighted by Crippen LogP contribution is -2.14. The molecule has 2 N–H and O–H groups in total. The van der Waals surface area contributed by atoms with Crippen molar-refractivity contribution < 1.29 is 17.2 Å². The first-order valence-corrected chi connectivity index (χ1v) is 6.12. The van der Waals surface area contributed by atoms with Gasteiger partial charge in [0.1, 0.15) is 4.60 Å². The molecule has 0 radical (unpaired) electrons. The summed E-state index contributed by atoms with van der Waals surface area (Å²) in [5.41, 5.74) is -0.637. The van der Waals surface area contributed by atoms with Crippen molar-refractivity contribution in [2.45, 2.75) is 11.5 Å². The van der Waals surface area contributed by atoms with E-state index < -0.39 is 27.0 Å². The minimum Gasteiger partial charge on any atom is -0.226 e. The minimum absolute atomic E-state index is 0.189. The number of halogens is 4. The van der Waals surface area contributed by atoms with E-state index in [1.165, 1.54) is 0 Å². The molecule has 0 amide bonds. The van der Waals surface area contributed by atoms with Crippen molar-refractivity contribution in [3.05, 3.63) is 21.3 Å². The van der Waals surface area contributed by atoms with Crippen LogP contribution in [0.3, 0.4) is 0 Å². The molecule has 0 saturated heterocycles. The zero-order valence-corrected chi connectivity index (χ0v) is 10.1. The van der Waals surface area contributed by atoms with Gasteiger partial charge >= 0.3 is 0 Å². The maximum atomic E-state index is 12.4. The number of hydrogen-bond donors (Lipinski definition) is 1. The number of pyridine rings is 1. The van der Waals surface area contributed by atoms with Crippen LogP contribution in [0, 0.1) is 0 Å². The van der Waals surface area contributed by atoms with Crippen molar-refractivity contribution in [1.29, 1.82) is 0 Å². The van der Waals surface area contributed by atoms with Crippen molar-refractivity contribution in [3.63, 3.8) is 0 Å². The summed E-state index contributed by atoms with van der Waals surface area (Å²) in [6.07, 6.45) is -2.91. The molecule has 1 aromatic heterocycles. The van der Waals surface area contributed by atoms with Gasteiger partial charge in [-0.1, -0.05) is 11.6 Å². The Morgan fingerprint density at radius 2 is 2.07 bits per heavy atom. The van der Waals surface area contributed by atoms with E-state index in [9.17, 15) is 17.2 Å². The van der Waals surface area contributed by atoms with Crippen molar-refractivity contribution in [1.82, 2.24) is 4.98 Å². The van der Waals surface area contributed by atoms with Crippen LogP contribution >= 0.6 is 27.5 Å². The normalized spacial score (nSPS) is 12.1. The molecule has 0 aromatic carbocycles. The molecule has 4 nitrogen and oxygen atoms in total. The van der Waals surface area contributed by atoms with Gasteiger partial charge in [-0.2, -0.15) is 0 Å². The van der Waals surface area contributed by atoms with Crippen LogP contribution in [0.5, 0.6) is 0 Å². The molecule has 0 saturated carbocycles. The van der Waals surface area contributed by atoms with E-state index in [4.69, 9.17) is 16.7 Å². The second-order valence-corrected chi connectivity index (χ2v) is 5.14. The summed E-state index contributed by atoms with van der Waals surface area (Å²) >= 11 is 8.25. The first-order chi connectivity index (χ1) is 6.73. The number of sulfonamides is 1. The first kappa shape index (κ1) is 12.8. The minimum atomic E-state index is -4.13. The Labute approximate surface area is 97.6 Å². The van der Waals surface area contributed by atoms with Crippen molar-refractivity contribution in [3.8, 4) is 0 Å². The number of aromatic nitrogens is 1. The highest BCUT2D eigenvalue weighted by molar-refractivity contribution is 9.10. The monoisotopic (exact) mass is 320 g/mol. The third-order valence-corrected chi connectivity index (χ3v) is 3.44. The molecular weight excluding hydrogens is 317 g/mol. The Kier molecular flexibility index (Phi) is 3.64. The fourth-order valence-corrected chi connectivity index (χ4v) is 2.02. The number of hydrogen-bond acceptors (Lipinski definition) is 3. The molecule has 0 aliphatic carbocycles. The van der Waals surface area contributed by atoms with Gasteiger partial charge in [0.15, 0.2) is 5.03 Å². The van der Waals surface area contributed by atoms with Gasteiger partial charge < -0.3 is 0 Å². The largest absolute Gasteiger partial charge is 0.265 e. The summed E-state index contributed by atoms with van der Waals surface area (Å²) < 4.78 is 46.4. The fraction of sp³-hybridized carbons (Fsp3) is 0.167. The van der Waals surface area contributed by atoms with E-state index in [-0.39, 0.29) is 9.63 Å². The summed E-state index contributed by atoms with van der Waals surface area (Å²) in [5.74, 6) is 0. The third-order valence-electron chi connectivity index (χ3n) is 1.45. The van der Waals surface area contributed by atoms with E-state index in [0.29, 0.717) is 6.07 Å². The lowest BCUT2D eigenvalue weighted by molar-refractivity contribution is 0.151. The molecular formula is C6H4BrClF2N2O2S. The maximum absolute atomic E-state index is 12.4. The summed E-state index contributed by atoms with van der Waals surface area (Å²) in [7, 11) is -4.13. The summed E-state index contributed by atoms with van der Waals surface area (Å²) in [6, 6.07) is 0.646. The lowest BCUT2D eigenvalue weighted by atomic mass is 10.3. The SMILES string of the molecule is NS(=O)(=O)c1cc(C(F)F)c(Cl)c(Br)n1. The lowest BCUT2D eigenvalue weighted by Gasteiger charge is -2.06. The van der Waals surface area contributed by atoms with Gasteiger partial charge in [-0.05, 0) is 22.0 Å². The zero-order chi connectivity index (χ0) is 11.8. The molecule has 0 bridgehead atoms. The number of nitrogens with two attached hydrogens (primary N) is 1. The van der Waals surface area contributed by atoms with Crippen LogP contribution in [0.25, 0.3) is 0 Å². The smallest absolute Gasteiger partial charge is 0.226 e. The number of nitrogens with zero attached hydrogens (tertiary/aromatic N) is 1. The van der Waals surface area contributed by atoms with Crippen LogP contribution < -0.4 is 5.14 Å². The Balaban J connectivity index is 3.50. The van der Waals surface area contributed by atoms with Crippen LogP contribution in [0.15, 0.2) is 15.7 Å². The topological polar surface area (TPSA) is 73.1 Å². The standard InChI is InChI=1S/C6H4BrClF2N2O2S/c7-5-4(8)2(6(9)10)1-3(12-5)15(11,13)14/h1,6H,(H2,11,13,14). The summed E-state index contributed by atoms with van der Waals surface area (Å²) in [5, 5.41) is 3.75. The van der Waals surface area contributed by atoms with Gasteiger partial charge in [0.2, 0.25) is 0 Å². The van der Waals surface area contributed by atoms with Crippen LogP contribution in [-0.2, 0) is 10.0 Å². The van der Waals surface area contributed by atoms with E-state index >= 15 is 0 Å². The van der Waals surface area contributed by atoms with Crippen LogP contribution in [0.4, 0.5) is 8.78 Å². The molecule has 1 heterocycles. The van der Waals surface area contributed by atoms with Gasteiger partial charge in [0, 0.05) is 5.56 Å². The average Bonchev–Trinajstić information content (AvgIpc) is 2.06. The molecule has 9 heteroatoms. The summed E-state index contributed by atoms with van der Waals surface area (Å²) in [6.45, 7) is 0. The Morgan fingerprint density at radius 1 is 1.53 bits per heavy atom. The second kappa shape index (κ2) is 4.28. The molecule has 1 aromatic rings. The van der Waals surface area contributed by atoms with E-state index in [1.807, 2.05) is 0 Å². The van der Waals surface area contributed by atoms with E-state index in [1.54, 1.807) is 0 Å². The van der Waals surface area contributed by atoms with Gasteiger partial charge in [0.05, 0.1) is 5.02 Å². The highest BCUT2D eigenvalue weighted by Gasteiger charge is 2.20. The van der Waals surface area contributed by atoms with Crippen LogP contribution in [0.2, 0.25) is 5.02 Å². The highest BCUT2D eigenvalue weighted by atomic mass is 79.9. The molecule has 1 rings (SSSR count). The van der Waals surface area contributed by atoms with Crippen molar-refractivity contribution >= 4 is 37.6 Å². The van der Waals surface area contributed by atoms with Crippen LogP contribution in [-0.4, -0.2) is 13.4 Å². The van der Waals surface area contributed by atoms with Gasteiger partial charge in [-0.15, -0.1) is 0 Å². The molecule has 0 spiro atoms. The number of alkyl halides is 2. The van der Waals surface area contributed by atoms with Gasteiger partial charge in [-0.3, -0.25) is 0 Å². The molecule has 84 valence electrons. The molecule has 0 aliphatic rings. The maximum Gasteiger partial charge on any atom is 0.265 e. The zero-order valence-electron chi connectivity index (χ0n) is 6.92. The van der Waals surface area contributed by atoms with E-state index in [0.717, 1.165) is 0 Å². The Bertz CT molecular complexity index is 494. The van der Waals surface area contributed by atoms with Gasteiger partial charge in [0.25, 0.3) is 16.4 Å². The quantitative estimate of drug-likeness (QED) is 0.848. The van der Waals surface area contributed by atoms with Crippen molar-refractivity contribution in [2.24, 2.45) is 5.14 Å². The average molecular weight is 322 g/mol. The predicted molar refractivity (Wildman–Crippen MR) is 53.3 cm³/mol. The van der Waals surface area contributed by atoms with Crippen molar-refractivity contribution in [2.75, 3.05) is 0 Å². The molecule has 15 heavy (non-hydrogen) atoms. The summed E-state index contributed by atoms with van der Waals surface area (Å²) in [4.78, 5) is 3.43. The first-order valence-electron chi connectivity index (χ1n) is 3.40. The Hall–Kier alpha value is -0.310. The fourth-order valence-electron chi connectivity index (χ4n) is 0.798. The molecule has 0 aliphatic heterocycles. The molecule has 0 unspecified atom stereocenters. The number of primary sulfonamides is 1. The van der Waals surface area contributed by atoms with Gasteiger partial charge in [-0.25, -0.2) is 27.3 Å². The Morgan fingerprint density at radius 3 is 2.47 bits per heavy atom.